The van der Waals surface area contributed by atoms with Crippen LogP contribution in [0.4, 0.5) is 0 Å². The summed E-state index contributed by atoms with van der Waals surface area (Å²) in [6, 6.07) is 0. The van der Waals surface area contributed by atoms with Gasteiger partial charge in [-0.15, -0.1) is 0 Å². The predicted molar refractivity (Wildman–Crippen MR) is 1.37 cm³/mol. The van der Waals surface area contributed by atoms with Crippen molar-refractivity contribution in [1.29, 1.82) is 0 Å². The van der Waals surface area contributed by atoms with Crippen molar-refractivity contribution < 1.29 is 39.6 Å². The molecule has 0 aliphatic heterocycles. The molecule has 0 aliphatic rings. The van der Waals surface area contributed by atoms with Gasteiger partial charge < -0.3 is 0 Å². The molecule has 4 heteroatoms. The molecular weight excluding hydrogens is 143 g/mol. The van der Waals surface area contributed by atoms with E-state index in [9.17, 15) is 0 Å². The monoisotopic (exact) mass is 143 g/mol. The summed E-state index contributed by atoms with van der Waals surface area (Å²) in [4.78, 5) is 0. The molecule has 0 aromatic heterocycles. The summed E-state index contributed by atoms with van der Waals surface area (Å²) < 4.78 is 16.1. The first-order valence-electron chi connectivity index (χ1n) is 0.303. The first-order chi connectivity index (χ1) is 2.00. The summed E-state index contributed by atoms with van der Waals surface area (Å²) in [5.41, 5.74) is 0. The molecule has 4 heavy (non-hydrogen) atoms. The molecule has 0 radical (unpaired) electrons. The van der Waals surface area contributed by atoms with E-state index in [1.807, 2.05) is 0 Å². The zero-order chi connectivity index (χ0) is 4.00. The minimum atomic E-state index is 1.38. The molecule has 0 bridgehead atoms. The summed E-state index contributed by atoms with van der Waals surface area (Å²) >= 11 is 3.69. The van der Waals surface area contributed by atoms with Crippen LogP contribution in [0.1, 0.15) is 0 Å². The van der Waals surface area contributed by atoms with E-state index in [-0.39, 0.29) is 0 Å². The molecule has 0 atom stereocenters. The van der Waals surface area contributed by atoms with Gasteiger partial charge >= 0.3 is 39.6 Å². The van der Waals surface area contributed by atoms with Gasteiger partial charge in [0.25, 0.3) is 0 Å². The van der Waals surface area contributed by atoms with Gasteiger partial charge in [0.2, 0.25) is 0 Å². The van der Waals surface area contributed by atoms with Crippen molar-refractivity contribution in [2.45, 2.75) is 0 Å². The predicted octanol–water partition coefficient (Wildman–Crippen LogP) is -0.243. The van der Waals surface area contributed by atoms with Crippen LogP contribution in [-0.2, 0) is 39.6 Å². The molecule has 0 rings (SSSR count). The van der Waals surface area contributed by atoms with Crippen LogP contribution < -0.4 is 0 Å². The number of rotatable bonds is 0. The fourth-order valence-electron chi connectivity index (χ4n) is 0. The number of hydrogen-bond acceptors (Lipinski definition) is 2. The van der Waals surface area contributed by atoms with Gasteiger partial charge in [-0.25, -0.2) is 0 Å². The first-order valence-corrected chi connectivity index (χ1v) is 1.25. The Balaban J connectivity index is 0. The van der Waals surface area contributed by atoms with Crippen LogP contribution >= 0.6 is 0 Å². The summed E-state index contributed by atoms with van der Waals surface area (Å²) in [5.74, 6) is 0. The summed E-state index contributed by atoms with van der Waals surface area (Å²) in [7, 11) is 0. The maximum atomic E-state index is 8.12. The Labute approximate surface area is 40.0 Å². The summed E-state index contributed by atoms with van der Waals surface area (Å²) in [6.45, 7) is 0. The molecule has 0 fully saturated rings. The molecule has 0 amide bonds. The van der Waals surface area contributed by atoms with Crippen molar-refractivity contribution in [1.82, 2.24) is 0 Å². The van der Waals surface area contributed by atoms with Crippen LogP contribution in [0.25, 0.3) is 0 Å². The normalized spacial score (nSPS) is 2.25. The van der Waals surface area contributed by atoms with E-state index >= 15 is 0 Å². The standard InChI is InChI=1S/Co.Cr.2O. The third kappa shape index (κ3) is 17.4. The molecule has 27 valence electrons. The topological polar surface area (TPSA) is 34.1 Å². The number of hydrogen-bond donors (Lipinski definition) is 0. The van der Waals surface area contributed by atoms with E-state index in [0.29, 0.717) is 0 Å². The first kappa shape index (κ1) is 8.82. The minimum absolute atomic E-state index is 1.38. The molecule has 0 spiro atoms. The van der Waals surface area contributed by atoms with Crippen molar-refractivity contribution >= 4 is 0 Å². The zero-order valence-corrected chi connectivity index (χ0v) is 3.87. The van der Waals surface area contributed by atoms with E-state index in [1.165, 1.54) is 16.2 Å². The van der Waals surface area contributed by atoms with Gasteiger partial charge in [0, 0.05) is 0 Å². The van der Waals surface area contributed by atoms with Gasteiger partial charge in [-0.3, -0.25) is 0 Å². The van der Waals surface area contributed by atoms with Crippen LogP contribution in [-0.4, -0.2) is 0 Å². The molecule has 0 saturated heterocycles. The Bertz CT molecular complexity index is 8.00. The second kappa shape index (κ2) is 62.1. The molecule has 0 heterocycles. The quantitative estimate of drug-likeness (QED) is 0.468. The fourth-order valence-corrected chi connectivity index (χ4v) is 0. The van der Waals surface area contributed by atoms with E-state index in [1.54, 1.807) is 0 Å². The summed E-state index contributed by atoms with van der Waals surface area (Å²) in [6.07, 6.45) is 0. The third-order valence-electron chi connectivity index (χ3n) is 0. The van der Waals surface area contributed by atoms with Gasteiger partial charge in [0.05, 0.1) is 0 Å². The average molecular weight is 143 g/mol. The molecule has 0 unspecified atom stereocenters. The Morgan fingerprint density at radius 1 is 1.25 bits per heavy atom. The Hall–Kier alpha value is 0.639. The molecule has 0 saturated carbocycles. The van der Waals surface area contributed by atoms with E-state index in [4.69, 9.17) is 7.67 Å². The molecular formula is CoCrO2. The van der Waals surface area contributed by atoms with Crippen LogP contribution in [0, 0.1) is 0 Å². The zero-order valence-electron chi connectivity index (χ0n) is 1.56. The summed E-state index contributed by atoms with van der Waals surface area (Å²) in [5, 5.41) is 0. The average Bonchev–Trinajstić information content (AvgIpc) is 1.50. The van der Waals surface area contributed by atoms with Crippen molar-refractivity contribution in [3.05, 3.63) is 0 Å². The van der Waals surface area contributed by atoms with E-state index < -0.39 is 0 Å². The molecule has 0 aliphatic carbocycles. The molecule has 0 aromatic carbocycles. The third-order valence-corrected chi connectivity index (χ3v) is 0. The van der Waals surface area contributed by atoms with Crippen molar-refractivity contribution in [3.8, 4) is 0 Å². The second-order valence-corrected chi connectivity index (χ2v) is 0. The van der Waals surface area contributed by atoms with Crippen LogP contribution in [0.5, 0.6) is 0 Å². The maximum absolute atomic E-state index is 8.12. The van der Waals surface area contributed by atoms with Crippen molar-refractivity contribution in [2.24, 2.45) is 0 Å². The fraction of sp³-hybridized carbons (Fsp3) is 0. The Morgan fingerprint density at radius 3 is 1.25 bits per heavy atom. The van der Waals surface area contributed by atoms with E-state index in [0.717, 1.165) is 0 Å². The molecule has 0 aromatic rings. The Kier molecular flexibility index (Phi) is 137. The SMILES string of the molecule is [O]=[Co].[O]=[Cr]. The second-order valence-electron chi connectivity index (χ2n) is 0. The molecule has 2 nitrogen and oxygen atoms in total. The Morgan fingerprint density at radius 2 is 1.25 bits per heavy atom. The van der Waals surface area contributed by atoms with E-state index in [2.05, 4.69) is 15.7 Å². The van der Waals surface area contributed by atoms with Crippen LogP contribution in [0.3, 0.4) is 0 Å². The van der Waals surface area contributed by atoms with Crippen molar-refractivity contribution in [3.63, 3.8) is 0 Å². The van der Waals surface area contributed by atoms with Gasteiger partial charge in [0.15, 0.2) is 0 Å². The van der Waals surface area contributed by atoms with Crippen molar-refractivity contribution in [2.75, 3.05) is 0 Å². The van der Waals surface area contributed by atoms with Gasteiger partial charge in [-0.2, -0.15) is 0 Å². The van der Waals surface area contributed by atoms with Gasteiger partial charge in [-0.05, 0) is 0 Å². The van der Waals surface area contributed by atoms with Crippen LogP contribution in [0.15, 0.2) is 0 Å². The van der Waals surface area contributed by atoms with Gasteiger partial charge in [-0.1, -0.05) is 0 Å². The van der Waals surface area contributed by atoms with Crippen LogP contribution in [0.2, 0.25) is 0 Å². The van der Waals surface area contributed by atoms with Gasteiger partial charge in [0.1, 0.15) is 0 Å². The molecule has 0 N–H and O–H groups in total.